The van der Waals surface area contributed by atoms with Crippen LogP contribution in [0.25, 0.3) is 0 Å². The number of nitrogens with one attached hydrogen (secondary N) is 1. The van der Waals surface area contributed by atoms with E-state index < -0.39 is 0 Å². The summed E-state index contributed by atoms with van der Waals surface area (Å²) in [5.74, 6) is 0.470. The molecule has 1 aliphatic heterocycles. The van der Waals surface area contributed by atoms with Crippen molar-refractivity contribution in [3.05, 3.63) is 22.7 Å². The maximum Gasteiger partial charge on any atom is 0.293 e. The van der Waals surface area contributed by atoms with Crippen LogP contribution < -0.4 is 10.9 Å². The highest BCUT2D eigenvalue weighted by Gasteiger charge is 2.19. The molecular weight excluding hydrogens is 216 g/mol. The lowest BCUT2D eigenvalue weighted by Crippen LogP contribution is -2.43. The van der Waals surface area contributed by atoms with Gasteiger partial charge in [0.2, 0.25) is 0 Å². The molecule has 0 amide bonds. The molecule has 1 fully saturated rings. The molecule has 2 heterocycles. The molecule has 0 spiro atoms. The SMILES string of the molecule is CCN1CCCC(Nc2nccn(C)c2=O)C1. The van der Waals surface area contributed by atoms with E-state index in [0.29, 0.717) is 11.9 Å². The Labute approximate surface area is 101 Å². The van der Waals surface area contributed by atoms with Crippen molar-refractivity contribution < 1.29 is 0 Å². The quantitative estimate of drug-likeness (QED) is 0.838. The molecule has 5 nitrogen and oxygen atoms in total. The van der Waals surface area contributed by atoms with Crippen molar-refractivity contribution in [2.45, 2.75) is 25.8 Å². The molecule has 1 atom stereocenters. The summed E-state index contributed by atoms with van der Waals surface area (Å²) < 4.78 is 1.55. The molecule has 5 heteroatoms. The molecule has 1 aliphatic rings. The van der Waals surface area contributed by atoms with E-state index in [-0.39, 0.29) is 5.56 Å². The first-order valence-corrected chi connectivity index (χ1v) is 6.21. The Bertz CT molecular complexity index is 429. The van der Waals surface area contributed by atoms with E-state index in [1.165, 1.54) is 6.42 Å². The fraction of sp³-hybridized carbons (Fsp3) is 0.667. The minimum Gasteiger partial charge on any atom is -0.361 e. The van der Waals surface area contributed by atoms with Crippen LogP contribution in [0.5, 0.6) is 0 Å². The summed E-state index contributed by atoms with van der Waals surface area (Å²) in [5, 5.41) is 3.27. The van der Waals surface area contributed by atoms with Gasteiger partial charge >= 0.3 is 0 Å². The average Bonchev–Trinajstić information content (AvgIpc) is 2.35. The highest BCUT2D eigenvalue weighted by molar-refractivity contribution is 5.32. The van der Waals surface area contributed by atoms with Gasteiger partial charge in [0.15, 0.2) is 5.82 Å². The number of aromatic nitrogens is 2. The third kappa shape index (κ3) is 2.85. The highest BCUT2D eigenvalue weighted by Crippen LogP contribution is 2.12. The summed E-state index contributed by atoms with van der Waals surface area (Å²) >= 11 is 0. The molecule has 0 aromatic carbocycles. The second-order valence-corrected chi connectivity index (χ2v) is 4.57. The van der Waals surface area contributed by atoms with Gasteiger partial charge in [-0.25, -0.2) is 4.98 Å². The second-order valence-electron chi connectivity index (χ2n) is 4.57. The Morgan fingerprint density at radius 2 is 2.41 bits per heavy atom. The Morgan fingerprint density at radius 1 is 1.59 bits per heavy atom. The molecule has 0 radical (unpaired) electrons. The smallest absolute Gasteiger partial charge is 0.293 e. The summed E-state index contributed by atoms with van der Waals surface area (Å²) in [7, 11) is 1.74. The summed E-state index contributed by atoms with van der Waals surface area (Å²) in [5.41, 5.74) is -0.0545. The summed E-state index contributed by atoms with van der Waals surface area (Å²) in [6.45, 7) is 5.39. The van der Waals surface area contributed by atoms with Crippen LogP contribution in [-0.2, 0) is 7.05 Å². The molecule has 1 aromatic rings. The van der Waals surface area contributed by atoms with E-state index in [2.05, 4.69) is 22.1 Å². The molecule has 1 N–H and O–H groups in total. The number of rotatable bonds is 3. The lowest BCUT2D eigenvalue weighted by atomic mass is 10.1. The van der Waals surface area contributed by atoms with Crippen LogP contribution >= 0.6 is 0 Å². The zero-order valence-corrected chi connectivity index (χ0v) is 10.5. The predicted octanol–water partition coefficient (Wildman–Crippen LogP) is 0.676. The van der Waals surface area contributed by atoms with Gasteiger partial charge in [0.1, 0.15) is 0 Å². The zero-order valence-electron chi connectivity index (χ0n) is 10.5. The van der Waals surface area contributed by atoms with Gasteiger partial charge in [0.05, 0.1) is 0 Å². The van der Waals surface area contributed by atoms with Gasteiger partial charge in [-0.3, -0.25) is 4.79 Å². The molecule has 0 bridgehead atoms. The standard InChI is InChI=1S/C12H20N4O/c1-3-16-7-4-5-10(9-16)14-11-12(17)15(2)8-6-13-11/h6,8,10H,3-5,7,9H2,1-2H3,(H,13,14). The van der Waals surface area contributed by atoms with Crippen LogP contribution in [-0.4, -0.2) is 40.1 Å². The zero-order chi connectivity index (χ0) is 12.3. The minimum atomic E-state index is -0.0545. The molecule has 94 valence electrons. The third-order valence-electron chi connectivity index (χ3n) is 3.31. The van der Waals surface area contributed by atoms with Crippen LogP contribution in [0.3, 0.4) is 0 Å². The van der Waals surface area contributed by atoms with E-state index in [9.17, 15) is 4.79 Å². The number of anilines is 1. The summed E-state index contributed by atoms with van der Waals surface area (Å²) in [6, 6.07) is 0.339. The van der Waals surface area contributed by atoms with Crippen molar-refractivity contribution in [2.75, 3.05) is 25.0 Å². The van der Waals surface area contributed by atoms with Crippen molar-refractivity contribution in [2.24, 2.45) is 7.05 Å². The summed E-state index contributed by atoms with van der Waals surface area (Å²) in [6.07, 6.45) is 5.62. The van der Waals surface area contributed by atoms with Gasteiger partial charge in [-0.05, 0) is 25.9 Å². The topological polar surface area (TPSA) is 50.2 Å². The van der Waals surface area contributed by atoms with E-state index in [1.807, 2.05) is 0 Å². The fourth-order valence-electron chi connectivity index (χ4n) is 2.25. The Morgan fingerprint density at radius 3 is 3.18 bits per heavy atom. The maximum atomic E-state index is 11.8. The molecular formula is C12H20N4O. The Balaban J connectivity index is 2.05. The van der Waals surface area contributed by atoms with Crippen molar-refractivity contribution in [3.63, 3.8) is 0 Å². The first-order chi connectivity index (χ1) is 8.20. The number of likely N-dealkylation sites (N-methyl/N-ethyl adjacent to an activating group) is 1. The van der Waals surface area contributed by atoms with Crippen LogP contribution in [0.4, 0.5) is 5.82 Å². The van der Waals surface area contributed by atoms with Crippen molar-refractivity contribution >= 4 is 5.82 Å². The third-order valence-corrected chi connectivity index (χ3v) is 3.31. The van der Waals surface area contributed by atoms with Crippen LogP contribution in [0, 0.1) is 0 Å². The maximum absolute atomic E-state index is 11.8. The van der Waals surface area contributed by atoms with Gasteiger partial charge in [-0.1, -0.05) is 6.92 Å². The highest BCUT2D eigenvalue weighted by atomic mass is 16.1. The van der Waals surface area contributed by atoms with Crippen molar-refractivity contribution in [1.29, 1.82) is 0 Å². The molecule has 0 aliphatic carbocycles. The lowest BCUT2D eigenvalue weighted by Gasteiger charge is -2.32. The Kier molecular flexibility index (Phi) is 3.78. The van der Waals surface area contributed by atoms with Crippen LogP contribution in [0.1, 0.15) is 19.8 Å². The average molecular weight is 236 g/mol. The lowest BCUT2D eigenvalue weighted by molar-refractivity contribution is 0.226. The fourth-order valence-corrected chi connectivity index (χ4v) is 2.25. The molecule has 2 rings (SSSR count). The minimum absolute atomic E-state index is 0.0545. The largest absolute Gasteiger partial charge is 0.361 e. The van der Waals surface area contributed by atoms with Crippen LogP contribution in [0.2, 0.25) is 0 Å². The first kappa shape index (κ1) is 12.1. The normalized spacial score (nSPS) is 21.4. The van der Waals surface area contributed by atoms with Gasteiger partial charge < -0.3 is 14.8 Å². The predicted molar refractivity (Wildman–Crippen MR) is 68.2 cm³/mol. The van der Waals surface area contributed by atoms with Gasteiger partial charge in [-0.15, -0.1) is 0 Å². The molecule has 0 saturated carbocycles. The van der Waals surface area contributed by atoms with Crippen molar-refractivity contribution in [3.8, 4) is 0 Å². The monoisotopic (exact) mass is 236 g/mol. The van der Waals surface area contributed by atoms with E-state index >= 15 is 0 Å². The number of aryl methyl sites for hydroxylation is 1. The number of nitrogens with zero attached hydrogens (tertiary/aromatic N) is 3. The summed E-state index contributed by atoms with van der Waals surface area (Å²) in [4.78, 5) is 18.3. The first-order valence-electron chi connectivity index (χ1n) is 6.21. The second kappa shape index (κ2) is 5.31. The molecule has 17 heavy (non-hydrogen) atoms. The number of likely N-dealkylation sites (tertiary alicyclic amines) is 1. The van der Waals surface area contributed by atoms with Crippen LogP contribution in [0.15, 0.2) is 17.2 Å². The van der Waals surface area contributed by atoms with Gasteiger partial charge in [0, 0.05) is 32.0 Å². The molecule has 1 aromatic heterocycles. The van der Waals surface area contributed by atoms with E-state index in [1.54, 1.807) is 24.0 Å². The van der Waals surface area contributed by atoms with E-state index in [4.69, 9.17) is 0 Å². The molecule has 1 unspecified atom stereocenters. The van der Waals surface area contributed by atoms with Crippen molar-refractivity contribution in [1.82, 2.24) is 14.5 Å². The number of piperidine rings is 1. The van der Waals surface area contributed by atoms with Gasteiger partial charge in [-0.2, -0.15) is 0 Å². The molecule has 1 saturated heterocycles. The number of hydrogen-bond acceptors (Lipinski definition) is 4. The van der Waals surface area contributed by atoms with Gasteiger partial charge in [0.25, 0.3) is 5.56 Å². The van der Waals surface area contributed by atoms with E-state index in [0.717, 1.165) is 26.1 Å². The number of hydrogen-bond donors (Lipinski definition) is 1. The Hall–Kier alpha value is -1.36.